The highest BCUT2D eigenvalue weighted by molar-refractivity contribution is 7.82. The summed E-state index contributed by atoms with van der Waals surface area (Å²) in [6.07, 6.45) is 13.3. The van der Waals surface area contributed by atoms with E-state index in [1.807, 2.05) is 42.3 Å². The van der Waals surface area contributed by atoms with E-state index in [1.165, 1.54) is 48.6 Å². The highest BCUT2D eigenvalue weighted by atomic mass is 32.2. The van der Waals surface area contributed by atoms with Gasteiger partial charge in [-0.25, -0.2) is 13.9 Å². The summed E-state index contributed by atoms with van der Waals surface area (Å²) in [6.45, 7) is 2.46. The van der Waals surface area contributed by atoms with Gasteiger partial charge in [0.15, 0.2) is 0 Å². The maximum atomic E-state index is 11.3. The van der Waals surface area contributed by atoms with Crippen molar-refractivity contribution in [2.24, 2.45) is 13.0 Å². The molecular formula is C27H39N5O2S. The number of piperidine rings is 1. The molecule has 1 saturated carbocycles. The summed E-state index contributed by atoms with van der Waals surface area (Å²) in [5, 5.41) is 5.55. The molecule has 0 radical (unpaired) electrons. The Kier molecular flexibility index (Phi) is 9.29. The molecule has 0 bridgehead atoms. The summed E-state index contributed by atoms with van der Waals surface area (Å²) in [5.41, 5.74) is 2.78. The molecule has 2 aliphatic rings. The molecule has 8 heteroatoms. The number of hydrogen-bond acceptors (Lipinski definition) is 5. The number of nitrogens with zero attached hydrogens (tertiary/aromatic N) is 4. The van der Waals surface area contributed by atoms with Crippen LogP contribution in [0.25, 0.3) is 10.9 Å². The minimum atomic E-state index is -0.983. The Morgan fingerprint density at radius 3 is 2.69 bits per heavy atom. The molecule has 1 aliphatic carbocycles. The van der Waals surface area contributed by atoms with Crippen LogP contribution in [0.3, 0.4) is 0 Å². The second kappa shape index (κ2) is 12.6. The van der Waals surface area contributed by atoms with Gasteiger partial charge in [0, 0.05) is 57.0 Å². The molecule has 1 saturated heterocycles. The Labute approximate surface area is 211 Å². The van der Waals surface area contributed by atoms with E-state index in [-0.39, 0.29) is 6.04 Å². The fourth-order valence-corrected chi connectivity index (χ4v) is 6.12. The van der Waals surface area contributed by atoms with Crippen molar-refractivity contribution in [1.29, 1.82) is 0 Å². The molecule has 3 heterocycles. The lowest BCUT2D eigenvalue weighted by atomic mass is 9.84. The van der Waals surface area contributed by atoms with Crippen molar-refractivity contribution < 1.29 is 8.95 Å². The third kappa shape index (κ3) is 6.90. The van der Waals surface area contributed by atoms with Crippen molar-refractivity contribution in [3.63, 3.8) is 0 Å². The Bertz CT molecular complexity index is 1080. The minimum Gasteiger partial charge on any atom is -0.384 e. The molecule has 1 aromatic carbocycles. The highest BCUT2D eigenvalue weighted by Gasteiger charge is 2.30. The fraction of sp³-hybridized carbons (Fsp3) is 0.556. The topological polar surface area (TPSA) is 72.3 Å². The molecule has 0 spiro atoms. The first-order chi connectivity index (χ1) is 17.0. The normalized spacial score (nSPS) is 22.0. The van der Waals surface area contributed by atoms with Crippen molar-refractivity contribution in [2.45, 2.75) is 50.5 Å². The molecule has 1 aliphatic heterocycles. The number of fused-ring (bicyclic) bond motifs is 1. The number of pyridine rings is 1. The van der Waals surface area contributed by atoms with Crippen molar-refractivity contribution in [2.75, 3.05) is 38.0 Å². The van der Waals surface area contributed by atoms with E-state index in [4.69, 9.17) is 4.74 Å². The first-order valence-corrected chi connectivity index (χ1v) is 14.3. The van der Waals surface area contributed by atoms with Crippen LogP contribution < -0.4 is 9.62 Å². The third-order valence-corrected chi connectivity index (χ3v) is 7.89. The summed E-state index contributed by atoms with van der Waals surface area (Å²) >= 11 is 0. The molecule has 7 nitrogen and oxygen atoms in total. The number of hydrogen-bond donors (Lipinski definition) is 1. The zero-order valence-corrected chi connectivity index (χ0v) is 22.0. The average Bonchev–Trinajstić information content (AvgIpc) is 3.26. The Morgan fingerprint density at radius 2 is 1.97 bits per heavy atom. The molecule has 0 amide bonds. The zero-order valence-electron chi connectivity index (χ0n) is 21.2. The predicted molar refractivity (Wildman–Crippen MR) is 144 cm³/mol. The van der Waals surface area contributed by atoms with Gasteiger partial charge in [-0.3, -0.25) is 4.68 Å². The van der Waals surface area contributed by atoms with Gasteiger partial charge < -0.3 is 9.64 Å². The Hall–Kier alpha value is -2.29. The van der Waals surface area contributed by atoms with Gasteiger partial charge in [-0.05, 0) is 48.9 Å². The monoisotopic (exact) mass is 497 g/mol. The molecule has 2 aromatic heterocycles. The van der Waals surface area contributed by atoms with Gasteiger partial charge in [-0.2, -0.15) is 5.10 Å². The van der Waals surface area contributed by atoms with Crippen molar-refractivity contribution in [1.82, 2.24) is 19.5 Å². The first-order valence-electron chi connectivity index (χ1n) is 12.7. The van der Waals surface area contributed by atoms with Crippen LogP contribution in [-0.4, -0.2) is 58.1 Å². The minimum absolute atomic E-state index is 0.241. The van der Waals surface area contributed by atoms with E-state index >= 15 is 0 Å². The summed E-state index contributed by atoms with van der Waals surface area (Å²) < 4.78 is 21.7. The predicted octanol–water partition coefficient (Wildman–Crippen LogP) is 4.43. The summed E-state index contributed by atoms with van der Waals surface area (Å²) in [6, 6.07) is 13.0. The number of aromatic nitrogens is 3. The van der Waals surface area contributed by atoms with Gasteiger partial charge >= 0.3 is 0 Å². The van der Waals surface area contributed by atoms with E-state index in [2.05, 4.69) is 37.9 Å². The highest BCUT2D eigenvalue weighted by Crippen LogP contribution is 2.33. The van der Waals surface area contributed by atoms with Crippen LogP contribution in [-0.2, 0) is 22.8 Å². The number of benzene rings is 1. The summed E-state index contributed by atoms with van der Waals surface area (Å²) in [4.78, 5) is 6.65. The van der Waals surface area contributed by atoms with E-state index in [9.17, 15) is 4.21 Å². The van der Waals surface area contributed by atoms with Gasteiger partial charge in [-0.1, -0.05) is 37.5 Å². The number of rotatable bonds is 6. The van der Waals surface area contributed by atoms with Crippen molar-refractivity contribution in [3.8, 4) is 0 Å². The van der Waals surface area contributed by atoms with E-state index < -0.39 is 11.0 Å². The SMILES string of the molecule is COC[C@@H]1CN(c2ccccn2)CC[C@@H]1NS(C)=O.Cn1ncc2ccc(C3CCCCC3)cc21. The van der Waals surface area contributed by atoms with Crippen LogP contribution in [0.15, 0.2) is 48.8 Å². The molecule has 1 unspecified atom stereocenters. The van der Waals surface area contributed by atoms with E-state index in [0.29, 0.717) is 12.5 Å². The lowest BCUT2D eigenvalue weighted by Gasteiger charge is -2.38. The van der Waals surface area contributed by atoms with E-state index in [0.717, 1.165) is 31.2 Å². The lowest BCUT2D eigenvalue weighted by Crippen LogP contribution is -2.51. The summed E-state index contributed by atoms with van der Waals surface area (Å²) in [7, 11) is 2.75. The van der Waals surface area contributed by atoms with Crippen LogP contribution >= 0.6 is 0 Å². The van der Waals surface area contributed by atoms with Gasteiger partial charge in [0.05, 0.1) is 29.3 Å². The molecule has 1 N–H and O–H groups in total. The third-order valence-electron chi connectivity index (χ3n) is 7.26. The van der Waals surface area contributed by atoms with Crippen LogP contribution in [0.4, 0.5) is 5.82 Å². The maximum absolute atomic E-state index is 11.3. The fourth-order valence-electron chi connectivity index (χ4n) is 5.38. The smallest absolute Gasteiger partial charge is 0.128 e. The van der Waals surface area contributed by atoms with E-state index in [1.54, 1.807) is 13.4 Å². The van der Waals surface area contributed by atoms with Gasteiger partial charge in [0.2, 0.25) is 0 Å². The number of aryl methyl sites for hydroxylation is 1. The van der Waals surface area contributed by atoms with Crippen LogP contribution in [0.1, 0.15) is 50.0 Å². The zero-order chi connectivity index (χ0) is 24.6. The average molecular weight is 498 g/mol. The molecule has 3 aromatic rings. The second-order valence-electron chi connectivity index (χ2n) is 9.74. The van der Waals surface area contributed by atoms with Gasteiger partial charge in [0.1, 0.15) is 5.82 Å². The largest absolute Gasteiger partial charge is 0.384 e. The molecule has 2 fully saturated rings. The molecule has 190 valence electrons. The lowest BCUT2D eigenvalue weighted by molar-refractivity contribution is 0.129. The molecular weight excluding hydrogens is 458 g/mol. The van der Waals surface area contributed by atoms with Gasteiger partial charge in [-0.15, -0.1) is 0 Å². The van der Waals surface area contributed by atoms with Crippen LogP contribution in [0.2, 0.25) is 0 Å². The number of anilines is 1. The second-order valence-corrected chi connectivity index (χ2v) is 10.9. The number of ether oxygens (including phenoxy) is 1. The molecule has 3 atom stereocenters. The number of nitrogens with one attached hydrogen (secondary N) is 1. The Morgan fingerprint density at radius 1 is 1.14 bits per heavy atom. The summed E-state index contributed by atoms with van der Waals surface area (Å²) in [5.74, 6) is 2.11. The van der Waals surface area contributed by atoms with Crippen LogP contribution in [0, 0.1) is 5.92 Å². The van der Waals surface area contributed by atoms with Crippen LogP contribution in [0.5, 0.6) is 0 Å². The van der Waals surface area contributed by atoms with Gasteiger partial charge in [0.25, 0.3) is 0 Å². The maximum Gasteiger partial charge on any atom is 0.128 e. The molecule has 5 rings (SSSR count). The van der Waals surface area contributed by atoms with Crippen molar-refractivity contribution in [3.05, 3.63) is 54.4 Å². The quantitative estimate of drug-likeness (QED) is 0.546. The number of methoxy groups -OCH3 is 1. The standard InChI is InChI=1S/C14H18N2.C13H21N3O2S/c1-16-14-9-12(7-8-13(14)10-15-16)11-5-3-2-4-6-11;1-18-10-11-9-16(13-5-3-4-7-14-13)8-6-12(11)15-19(2)17/h7-11H,2-6H2,1H3;3-5,7,11-12,15H,6,8-10H2,1-2H3/t;11-,12-,19?/m.0/s1. The van der Waals surface area contributed by atoms with Crippen molar-refractivity contribution >= 4 is 27.7 Å². The first kappa shape index (κ1) is 25.8. The Balaban J connectivity index is 0.000000167. The molecule has 35 heavy (non-hydrogen) atoms.